The molecule has 1 saturated heterocycles. The fraction of sp³-hybridized carbons (Fsp3) is 0.391. The molecular formula is C23H25FN2O. The van der Waals surface area contributed by atoms with Crippen LogP contribution in [-0.2, 0) is 18.3 Å². The Morgan fingerprint density at radius 1 is 1.22 bits per heavy atom. The lowest BCUT2D eigenvalue weighted by molar-refractivity contribution is 0.0994. The molecule has 1 N–H and O–H groups in total. The number of fused-ring (bicyclic) bond motifs is 4. The van der Waals surface area contributed by atoms with E-state index in [1.54, 1.807) is 19.2 Å². The zero-order valence-corrected chi connectivity index (χ0v) is 15.9. The van der Waals surface area contributed by atoms with Gasteiger partial charge in [-0.05, 0) is 80.2 Å². The van der Waals surface area contributed by atoms with Crippen molar-refractivity contribution in [1.29, 1.82) is 0 Å². The highest BCUT2D eigenvalue weighted by atomic mass is 19.1. The summed E-state index contributed by atoms with van der Waals surface area (Å²) in [5.74, 6) is 1.27. The first-order valence-electron chi connectivity index (χ1n) is 9.71. The molecule has 1 unspecified atom stereocenters. The third kappa shape index (κ3) is 2.58. The highest BCUT2D eigenvalue weighted by molar-refractivity contribution is 5.85. The first kappa shape index (κ1) is 16.8. The van der Waals surface area contributed by atoms with Crippen molar-refractivity contribution in [2.45, 2.75) is 24.7 Å². The molecule has 1 aliphatic heterocycles. The number of aromatic amines is 1. The van der Waals surface area contributed by atoms with Gasteiger partial charge in [0, 0.05) is 28.6 Å². The SMILES string of the molecule is COc1cccc([C@]23CCN(C)CC2Cc2c([nH]c4ccc(F)cc24)C3)c1. The van der Waals surface area contributed by atoms with E-state index in [1.807, 2.05) is 12.1 Å². The number of hydrogen-bond acceptors (Lipinski definition) is 2. The topological polar surface area (TPSA) is 28.3 Å². The minimum atomic E-state index is -0.158. The molecule has 2 aromatic carbocycles. The molecule has 3 aromatic rings. The molecule has 140 valence electrons. The van der Waals surface area contributed by atoms with Crippen LogP contribution in [-0.4, -0.2) is 37.1 Å². The molecule has 2 aliphatic rings. The summed E-state index contributed by atoms with van der Waals surface area (Å²) >= 11 is 0. The normalized spacial score (nSPS) is 25.2. The van der Waals surface area contributed by atoms with Crippen LogP contribution < -0.4 is 4.74 Å². The predicted octanol–water partition coefficient (Wildman–Crippen LogP) is 4.30. The van der Waals surface area contributed by atoms with Crippen LogP contribution in [0.2, 0.25) is 0 Å². The van der Waals surface area contributed by atoms with Crippen LogP contribution in [0.3, 0.4) is 0 Å². The number of methoxy groups -OCH3 is 1. The average Bonchev–Trinajstić information content (AvgIpc) is 3.02. The minimum absolute atomic E-state index is 0.105. The summed E-state index contributed by atoms with van der Waals surface area (Å²) in [5, 5.41) is 1.05. The summed E-state index contributed by atoms with van der Waals surface area (Å²) < 4.78 is 19.4. The largest absolute Gasteiger partial charge is 0.497 e. The van der Waals surface area contributed by atoms with E-state index in [9.17, 15) is 4.39 Å². The summed E-state index contributed by atoms with van der Waals surface area (Å²) in [5.41, 5.74) is 5.11. The lowest BCUT2D eigenvalue weighted by atomic mass is 9.59. The van der Waals surface area contributed by atoms with E-state index in [0.29, 0.717) is 5.92 Å². The maximum absolute atomic E-state index is 13.9. The van der Waals surface area contributed by atoms with Crippen molar-refractivity contribution >= 4 is 10.9 Å². The van der Waals surface area contributed by atoms with Crippen molar-refractivity contribution in [3.63, 3.8) is 0 Å². The summed E-state index contributed by atoms with van der Waals surface area (Å²) in [6.07, 6.45) is 3.09. The highest BCUT2D eigenvalue weighted by Crippen LogP contribution is 2.49. The molecule has 27 heavy (non-hydrogen) atoms. The lowest BCUT2D eigenvalue weighted by Gasteiger charge is -2.50. The maximum atomic E-state index is 13.9. The molecule has 1 aromatic heterocycles. The van der Waals surface area contributed by atoms with Gasteiger partial charge in [-0.1, -0.05) is 12.1 Å². The van der Waals surface area contributed by atoms with Crippen LogP contribution in [0.15, 0.2) is 42.5 Å². The Hall–Kier alpha value is -2.33. The lowest BCUT2D eigenvalue weighted by Crippen LogP contribution is -2.52. The standard InChI is InChI=1S/C23H25FN2O/c1-26-9-8-23(15-4-3-5-18(10-15)27-2)13-22-19(11-16(23)14-26)20-12-17(24)6-7-21(20)25-22/h3-7,10,12,16,25H,8-9,11,13-14H2,1-2H3/t16?,23-/m1/s1. The van der Waals surface area contributed by atoms with Crippen LogP contribution in [0.1, 0.15) is 23.2 Å². The number of nitrogens with one attached hydrogen (secondary N) is 1. The minimum Gasteiger partial charge on any atom is -0.497 e. The Kier molecular flexibility index (Phi) is 3.80. The van der Waals surface area contributed by atoms with Crippen molar-refractivity contribution in [3.05, 3.63) is 65.1 Å². The summed E-state index contributed by atoms with van der Waals surface area (Å²) in [6, 6.07) is 13.7. The molecule has 1 aliphatic carbocycles. The third-order valence-electron chi connectivity index (χ3n) is 6.80. The second-order valence-corrected chi connectivity index (χ2v) is 8.25. The number of ether oxygens (including phenoxy) is 1. The molecule has 2 heterocycles. The van der Waals surface area contributed by atoms with Crippen LogP contribution in [0.4, 0.5) is 4.39 Å². The van der Waals surface area contributed by atoms with Gasteiger partial charge in [-0.3, -0.25) is 0 Å². The van der Waals surface area contributed by atoms with Gasteiger partial charge in [-0.15, -0.1) is 0 Å². The number of H-pyrrole nitrogens is 1. The number of rotatable bonds is 2. The van der Waals surface area contributed by atoms with Gasteiger partial charge in [-0.25, -0.2) is 4.39 Å². The maximum Gasteiger partial charge on any atom is 0.123 e. The van der Waals surface area contributed by atoms with Crippen LogP contribution in [0, 0.1) is 11.7 Å². The number of halogens is 1. The summed E-state index contributed by atoms with van der Waals surface area (Å²) in [7, 11) is 3.94. The number of benzene rings is 2. The van der Waals surface area contributed by atoms with Gasteiger partial charge in [0.05, 0.1) is 7.11 Å². The second-order valence-electron chi connectivity index (χ2n) is 8.25. The van der Waals surface area contributed by atoms with Gasteiger partial charge in [0.15, 0.2) is 0 Å². The van der Waals surface area contributed by atoms with Gasteiger partial charge in [0.2, 0.25) is 0 Å². The molecule has 2 atom stereocenters. The van der Waals surface area contributed by atoms with E-state index in [4.69, 9.17) is 4.74 Å². The average molecular weight is 364 g/mol. The van der Waals surface area contributed by atoms with Crippen LogP contribution in [0.25, 0.3) is 10.9 Å². The van der Waals surface area contributed by atoms with E-state index in [1.165, 1.54) is 16.8 Å². The molecular weight excluding hydrogens is 339 g/mol. The predicted molar refractivity (Wildman–Crippen MR) is 106 cm³/mol. The van der Waals surface area contributed by atoms with Crippen LogP contribution >= 0.6 is 0 Å². The molecule has 0 spiro atoms. The Morgan fingerprint density at radius 2 is 2.11 bits per heavy atom. The Labute approximate surface area is 159 Å². The zero-order valence-electron chi connectivity index (χ0n) is 15.9. The van der Waals surface area contributed by atoms with Crippen molar-refractivity contribution in [2.75, 3.05) is 27.2 Å². The van der Waals surface area contributed by atoms with E-state index in [0.717, 1.165) is 49.0 Å². The number of piperidine rings is 1. The first-order chi connectivity index (χ1) is 13.1. The van der Waals surface area contributed by atoms with E-state index in [2.05, 4.69) is 35.1 Å². The molecule has 3 nitrogen and oxygen atoms in total. The van der Waals surface area contributed by atoms with E-state index in [-0.39, 0.29) is 11.2 Å². The molecule has 1 fully saturated rings. The van der Waals surface area contributed by atoms with Gasteiger partial charge < -0.3 is 14.6 Å². The van der Waals surface area contributed by atoms with Crippen LogP contribution in [0.5, 0.6) is 5.75 Å². The monoisotopic (exact) mass is 364 g/mol. The smallest absolute Gasteiger partial charge is 0.123 e. The van der Waals surface area contributed by atoms with Crippen molar-refractivity contribution in [2.24, 2.45) is 5.92 Å². The van der Waals surface area contributed by atoms with E-state index < -0.39 is 0 Å². The Morgan fingerprint density at radius 3 is 2.96 bits per heavy atom. The molecule has 0 saturated carbocycles. The molecule has 4 heteroatoms. The van der Waals surface area contributed by atoms with E-state index >= 15 is 0 Å². The van der Waals surface area contributed by atoms with Crippen molar-refractivity contribution < 1.29 is 9.13 Å². The number of hydrogen-bond donors (Lipinski definition) is 1. The highest BCUT2D eigenvalue weighted by Gasteiger charge is 2.47. The fourth-order valence-corrected chi connectivity index (χ4v) is 5.37. The van der Waals surface area contributed by atoms with Gasteiger partial charge in [0.1, 0.15) is 11.6 Å². The third-order valence-corrected chi connectivity index (χ3v) is 6.80. The summed E-state index contributed by atoms with van der Waals surface area (Å²) in [4.78, 5) is 6.03. The first-order valence-corrected chi connectivity index (χ1v) is 9.71. The second kappa shape index (κ2) is 6.10. The van der Waals surface area contributed by atoms with Gasteiger partial charge >= 0.3 is 0 Å². The molecule has 0 amide bonds. The summed E-state index contributed by atoms with van der Waals surface area (Å²) in [6.45, 7) is 2.16. The van der Waals surface area contributed by atoms with Crippen molar-refractivity contribution in [3.8, 4) is 5.75 Å². The molecule has 0 radical (unpaired) electrons. The quantitative estimate of drug-likeness (QED) is 0.734. The Bertz CT molecular complexity index is 1010. The Balaban J connectivity index is 1.66. The molecule has 5 rings (SSSR count). The van der Waals surface area contributed by atoms with Crippen molar-refractivity contribution in [1.82, 2.24) is 9.88 Å². The van der Waals surface area contributed by atoms with Gasteiger partial charge in [-0.2, -0.15) is 0 Å². The molecule has 0 bridgehead atoms. The zero-order chi connectivity index (χ0) is 18.6. The van der Waals surface area contributed by atoms with Gasteiger partial charge in [0.25, 0.3) is 0 Å². The number of likely N-dealkylation sites (tertiary alicyclic amines) is 1. The number of aromatic nitrogens is 1. The fourth-order valence-electron chi connectivity index (χ4n) is 5.37. The number of nitrogens with zero attached hydrogens (tertiary/aromatic N) is 1.